The van der Waals surface area contributed by atoms with Crippen LogP contribution in [0, 0.1) is 0 Å². The number of hydrogen-bond acceptors (Lipinski definition) is 6. The van der Waals surface area contributed by atoms with Gasteiger partial charge in [0.25, 0.3) is 0 Å². The van der Waals surface area contributed by atoms with Crippen molar-refractivity contribution in [3.63, 3.8) is 0 Å². The van der Waals surface area contributed by atoms with E-state index >= 15 is 0 Å². The lowest BCUT2D eigenvalue weighted by molar-refractivity contribution is 0.255. The van der Waals surface area contributed by atoms with Gasteiger partial charge in [-0.2, -0.15) is 0 Å². The van der Waals surface area contributed by atoms with E-state index in [1.807, 2.05) is 0 Å². The lowest BCUT2D eigenvalue weighted by atomic mass is 10.3. The molecule has 9 heteroatoms. The van der Waals surface area contributed by atoms with Crippen LogP contribution < -0.4 is 5.73 Å². The quantitative estimate of drug-likeness (QED) is 0.647. The molecule has 3 N–H and O–H groups in total. The van der Waals surface area contributed by atoms with Gasteiger partial charge in [-0.15, -0.1) is 16.9 Å². The fourth-order valence-corrected chi connectivity index (χ4v) is 2.69. The average Bonchev–Trinajstić information content (AvgIpc) is 2.24. The first-order valence-electron chi connectivity index (χ1n) is 4.58. The fraction of sp³-hybridized carbons (Fsp3) is 0.222. The lowest BCUT2D eigenvalue weighted by Crippen LogP contribution is -2.03. The molecule has 0 saturated heterocycles. The van der Waals surface area contributed by atoms with Crippen LogP contribution in [0.4, 0.5) is 10.5 Å². The van der Waals surface area contributed by atoms with Crippen molar-refractivity contribution in [1.29, 1.82) is 0 Å². The molecule has 0 heterocycles. The molecule has 18 heavy (non-hydrogen) atoms. The number of rotatable bonds is 3. The van der Waals surface area contributed by atoms with E-state index < -0.39 is 15.9 Å². The van der Waals surface area contributed by atoms with Crippen LogP contribution in [0.5, 0.6) is 5.75 Å². The van der Waals surface area contributed by atoms with Gasteiger partial charge in [-0.05, 0) is 12.3 Å². The van der Waals surface area contributed by atoms with Crippen molar-refractivity contribution in [1.82, 2.24) is 0 Å². The summed E-state index contributed by atoms with van der Waals surface area (Å²) in [6, 6.07) is 1.34. The zero-order valence-corrected chi connectivity index (χ0v) is 11.2. The summed E-state index contributed by atoms with van der Waals surface area (Å²) in [5.41, 5.74) is 4.80. The summed E-state index contributed by atoms with van der Waals surface area (Å²) < 4.78 is 23.2. The highest BCUT2D eigenvalue weighted by Crippen LogP contribution is 2.38. The van der Waals surface area contributed by atoms with E-state index in [-0.39, 0.29) is 16.3 Å². The first-order valence-corrected chi connectivity index (χ1v) is 7.69. The number of nitrogens with two attached hydrogens (primary N) is 1. The van der Waals surface area contributed by atoms with Gasteiger partial charge in [0.05, 0.1) is 4.90 Å². The zero-order chi connectivity index (χ0) is 13.9. The molecule has 7 nitrogen and oxygen atoms in total. The van der Waals surface area contributed by atoms with Crippen molar-refractivity contribution >= 4 is 33.3 Å². The molecule has 2 amide bonds. The van der Waals surface area contributed by atoms with Crippen LogP contribution in [0.1, 0.15) is 0 Å². The molecule has 1 aromatic carbocycles. The number of primary amides is 1. The largest absolute Gasteiger partial charge is 0.508 e. The van der Waals surface area contributed by atoms with Gasteiger partial charge >= 0.3 is 6.03 Å². The summed E-state index contributed by atoms with van der Waals surface area (Å²) in [5.74, 6) is -0.210. The number of phenolic OH excluding ortho intramolecular Hbond substituents is 1. The molecular formula is C9H11N3O4S2. The van der Waals surface area contributed by atoms with E-state index in [0.29, 0.717) is 4.90 Å². The van der Waals surface area contributed by atoms with Crippen molar-refractivity contribution in [2.45, 2.75) is 9.79 Å². The van der Waals surface area contributed by atoms with Crippen LogP contribution in [0.25, 0.3) is 0 Å². The number of urea groups is 1. The monoisotopic (exact) mass is 289 g/mol. The van der Waals surface area contributed by atoms with Crippen molar-refractivity contribution in [3.8, 4) is 5.75 Å². The standard InChI is InChI=1S/C9H11N3O4S2/c1-17-6-3-5(13)4-7(18(2,15)16)8(6)11-12-9(10)14/h3-4,13H,1-2H3,(H2,10,14). The van der Waals surface area contributed by atoms with E-state index in [9.17, 15) is 18.3 Å². The van der Waals surface area contributed by atoms with E-state index in [2.05, 4.69) is 10.2 Å². The first kappa shape index (κ1) is 14.5. The number of aromatic hydroxyl groups is 1. The number of phenols is 1. The Hall–Kier alpha value is -1.61. The summed E-state index contributed by atoms with van der Waals surface area (Å²) in [6.07, 6.45) is 2.64. The maximum absolute atomic E-state index is 11.6. The van der Waals surface area contributed by atoms with E-state index in [0.717, 1.165) is 24.1 Å². The van der Waals surface area contributed by atoms with Gasteiger partial charge in [0.2, 0.25) is 0 Å². The summed E-state index contributed by atoms with van der Waals surface area (Å²) >= 11 is 1.16. The van der Waals surface area contributed by atoms with Crippen molar-refractivity contribution < 1.29 is 18.3 Å². The second-order valence-electron chi connectivity index (χ2n) is 3.31. The van der Waals surface area contributed by atoms with Crippen molar-refractivity contribution in [3.05, 3.63) is 12.1 Å². The molecule has 0 saturated carbocycles. The van der Waals surface area contributed by atoms with Gasteiger partial charge in [-0.1, -0.05) is 5.11 Å². The second-order valence-corrected chi connectivity index (χ2v) is 6.14. The summed E-state index contributed by atoms with van der Waals surface area (Å²) in [5, 5.41) is 16.1. The lowest BCUT2D eigenvalue weighted by Gasteiger charge is -2.08. The molecular weight excluding hydrogens is 278 g/mol. The minimum Gasteiger partial charge on any atom is -0.508 e. The highest BCUT2D eigenvalue weighted by Gasteiger charge is 2.18. The Morgan fingerprint density at radius 3 is 2.50 bits per heavy atom. The molecule has 1 rings (SSSR count). The minimum atomic E-state index is -3.62. The molecule has 0 unspecified atom stereocenters. The summed E-state index contributed by atoms with van der Waals surface area (Å²) in [6.45, 7) is 0. The number of carbonyl (C=O) groups excluding carboxylic acids is 1. The van der Waals surface area contributed by atoms with Crippen molar-refractivity contribution in [2.24, 2.45) is 16.0 Å². The molecule has 0 aliphatic heterocycles. The predicted octanol–water partition coefficient (Wildman–Crippen LogP) is 1.68. The Kier molecular flexibility index (Phi) is 4.30. The average molecular weight is 289 g/mol. The van der Waals surface area contributed by atoms with Crippen molar-refractivity contribution in [2.75, 3.05) is 12.5 Å². The third kappa shape index (κ3) is 3.44. The van der Waals surface area contributed by atoms with Gasteiger partial charge in [-0.3, -0.25) is 0 Å². The van der Waals surface area contributed by atoms with Crippen LogP contribution >= 0.6 is 11.8 Å². The summed E-state index contributed by atoms with van der Waals surface area (Å²) in [4.78, 5) is 10.7. The number of carbonyl (C=O) groups is 1. The normalized spacial score (nSPS) is 11.9. The molecule has 0 fully saturated rings. The highest BCUT2D eigenvalue weighted by atomic mass is 32.2. The van der Waals surface area contributed by atoms with Crippen LogP contribution in [0.15, 0.2) is 32.2 Å². The van der Waals surface area contributed by atoms with E-state index in [4.69, 9.17) is 5.73 Å². The zero-order valence-electron chi connectivity index (χ0n) is 9.61. The van der Waals surface area contributed by atoms with Gasteiger partial charge in [0, 0.05) is 17.2 Å². The number of thioether (sulfide) groups is 1. The number of amides is 2. The maximum atomic E-state index is 11.6. The first-order chi connectivity index (χ1) is 8.25. The third-order valence-electron chi connectivity index (χ3n) is 1.89. The fourth-order valence-electron chi connectivity index (χ4n) is 1.20. The molecule has 1 aromatic rings. The van der Waals surface area contributed by atoms with Gasteiger partial charge in [-0.25, -0.2) is 13.2 Å². The molecule has 98 valence electrons. The summed E-state index contributed by atoms with van der Waals surface area (Å²) in [7, 11) is -3.62. The predicted molar refractivity (Wildman–Crippen MR) is 67.1 cm³/mol. The number of azo groups is 1. The number of nitrogens with zero attached hydrogens (tertiary/aromatic N) is 2. The van der Waals surface area contributed by atoms with E-state index in [1.54, 1.807) is 6.26 Å². The van der Waals surface area contributed by atoms with Crippen LogP contribution in [0.2, 0.25) is 0 Å². The molecule has 0 aliphatic carbocycles. The van der Waals surface area contributed by atoms with Crippen LogP contribution in [-0.2, 0) is 9.84 Å². The smallest absolute Gasteiger partial charge is 0.356 e. The molecule has 0 bridgehead atoms. The SMILES string of the molecule is CSc1cc(O)cc(S(C)(=O)=O)c1N=NC(N)=O. The molecule has 0 atom stereocenters. The molecule has 0 aromatic heterocycles. The van der Waals surface area contributed by atoms with Gasteiger partial charge < -0.3 is 10.8 Å². The molecule has 0 aliphatic rings. The third-order valence-corrected chi connectivity index (χ3v) is 3.75. The Morgan fingerprint density at radius 1 is 1.44 bits per heavy atom. The number of sulfone groups is 1. The van der Waals surface area contributed by atoms with Gasteiger partial charge in [0.1, 0.15) is 11.4 Å². The van der Waals surface area contributed by atoms with Crippen LogP contribution in [-0.4, -0.2) is 32.1 Å². The second kappa shape index (κ2) is 5.36. The molecule has 0 spiro atoms. The minimum absolute atomic E-state index is 0.0124. The van der Waals surface area contributed by atoms with E-state index in [1.165, 1.54) is 6.07 Å². The number of hydrogen-bond donors (Lipinski definition) is 2. The topological polar surface area (TPSA) is 122 Å². The Morgan fingerprint density at radius 2 is 2.06 bits per heavy atom. The molecule has 0 radical (unpaired) electrons. The maximum Gasteiger partial charge on any atom is 0.356 e. The van der Waals surface area contributed by atoms with Gasteiger partial charge in [0.15, 0.2) is 9.84 Å². The van der Waals surface area contributed by atoms with Crippen LogP contribution in [0.3, 0.4) is 0 Å². The Balaban J connectivity index is 3.58. The number of benzene rings is 1. The Labute approximate surface area is 108 Å². The Bertz CT molecular complexity index is 610. The highest BCUT2D eigenvalue weighted by molar-refractivity contribution is 7.98.